The van der Waals surface area contributed by atoms with Crippen molar-refractivity contribution in [2.75, 3.05) is 20.8 Å². The van der Waals surface area contributed by atoms with Crippen molar-refractivity contribution in [3.8, 4) is 0 Å². The quantitative estimate of drug-likeness (QED) is 0.750. The molecule has 0 spiro atoms. The average molecular weight is 221 g/mol. The first kappa shape index (κ1) is 12.9. The van der Waals surface area contributed by atoms with E-state index in [9.17, 15) is 0 Å². The van der Waals surface area contributed by atoms with Crippen LogP contribution < -0.4 is 5.73 Å². The summed E-state index contributed by atoms with van der Waals surface area (Å²) in [6.45, 7) is 0.663. The molecule has 3 nitrogen and oxygen atoms in total. The highest BCUT2D eigenvalue weighted by Gasteiger charge is 2.11. The molecule has 0 atom stereocenters. The van der Waals surface area contributed by atoms with Crippen molar-refractivity contribution in [3.05, 3.63) is 41.5 Å². The summed E-state index contributed by atoms with van der Waals surface area (Å²) < 4.78 is 10.5. The molecule has 2 N–H and O–H groups in total. The van der Waals surface area contributed by atoms with Gasteiger partial charge in [-0.15, -0.1) is 0 Å². The highest BCUT2D eigenvalue weighted by molar-refractivity contribution is 5.54. The summed E-state index contributed by atoms with van der Waals surface area (Å²) >= 11 is 0. The molecule has 1 aromatic rings. The minimum atomic E-state index is -0.321. The standard InChI is InChI=1S/C13H19NO2/c1-15-13(16-2)12-9-4-3-7-11(12)8-5-6-10-14/h3-5,7-9,13H,6,10,14H2,1-2H3. The molecule has 0 saturated carbocycles. The van der Waals surface area contributed by atoms with E-state index in [4.69, 9.17) is 15.2 Å². The molecule has 1 rings (SSSR count). The lowest BCUT2D eigenvalue weighted by Crippen LogP contribution is -2.05. The SMILES string of the molecule is COC(OC)c1ccccc1C=CCCN. The first-order valence-electron chi connectivity index (χ1n) is 5.34. The van der Waals surface area contributed by atoms with Crippen molar-refractivity contribution in [3.63, 3.8) is 0 Å². The number of nitrogens with two attached hydrogens (primary N) is 1. The minimum Gasteiger partial charge on any atom is -0.352 e. The van der Waals surface area contributed by atoms with E-state index in [1.54, 1.807) is 14.2 Å². The lowest BCUT2D eigenvalue weighted by molar-refractivity contribution is -0.106. The maximum atomic E-state index is 5.44. The average Bonchev–Trinajstić information content (AvgIpc) is 2.33. The van der Waals surface area contributed by atoms with Crippen LogP contribution in [0, 0.1) is 0 Å². The molecule has 0 aliphatic rings. The highest BCUT2D eigenvalue weighted by atomic mass is 16.7. The summed E-state index contributed by atoms with van der Waals surface area (Å²) in [5, 5.41) is 0. The van der Waals surface area contributed by atoms with Gasteiger partial charge in [-0.1, -0.05) is 36.4 Å². The Bertz CT molecular complexity index is 332. The van der Waals surface area contributed by atoms with Gasteiger partial charge in [0.15, 0.2) is 6.29 Å². The predicted molar refractivity (Wildman–Crippen MR) is 65.9 cm³/mol. The molecular formula is C13H19NO2. The van der Waals surface area contributed by atoms with E-state index >= 15 is 0 Å². The lowest BCUT2D eigenvalue weighted by Gasteiger charge is -2.15. The second kappa shape index (κ2) is 7.17. The molecule has 0 bridgehead atoms. The van der Waals surface area contributed by atoms with Crippen molar-refractivity contribution in [1.29, 1.82) is 0 Å². The van der Waals surface area contributed by atoms with Gasteiger partial charge in [-0.3, -0.25) is 0 Å². The molecule has 0 heterocycles. The van der Waals surface area contributed by atoms with Gasteiger partial charge in [0, 0.05) is 19.8 Å². The summed E-state index contributed by atoms with van der Waals surface area (Å²) in [7, 11) is 3.27. The maximum absolute atomic E-state index is 5.44. The predicted octanol–water partition coefficient (Wildman–Crippen LogP) is 2.34. The molecular weight excluding hydrogens is 202 g/mol. The Labute approximate surface area is 96.9 Å². The van der Waals surface area contributed by atoms with Crippen LogP contribution in [0.2, 0.25) is 0 Å². The Morgan fingerprint density at radius 2 is 1.94 bits per heavy atom. The fraction of sp³-hybridized carbons (Fsp3) is 0.385. The third kappa shape index (κ3) is 3.45. The van der Waals surface area contributed by atoms with Crippen LogP contribution in [0.1, 0.15) is 23.8 Å². The number of hydrogen-bond donors (Lipinski definition) is 1. The van der Waals surface area contributed by atoms with E-state index in [-0.39, 0.29) is 6.29 Å². The van der Waals surface area contributed by atoms with Crippen LogP contribution in [0.5, 0.6) is 0 Å². The molecule has 0 radical (unpaired) electrons. The smallest absolute Gasteiger partial charge is 0.183 e. The van der Waals surface area contributed by atoms with Crippen LogP contribution in [0.3, 0.4) is 0 Å². The first-order valence-corrected chi connectivity index (χ1v) is 5.34. The van der Waals surface area contributed by atoms with E-state index in [1.807, 2.05) is 30.3 Å². The van der Waals surface area contributed by atoms with Crippen molar-refractivity contribution in [2.24, 2.45) is 5.73 Å². The Balaban J connectivity index is 2.90. The van der Waals surface area contributed by atoms with Gasteiger partial charge >= 0.3 is 0 Å². The van der Waals surface area contributed by atoms with E-state index in [2.05, 4.69) is 6.08 Å². The van der Waals surface area contributed by atoms with Gasteiger partial charge in [-0.05, 0) is 18.5 Å². The summed E-state index contributed by atoms with van der Waals surface area (Å²) in [4.78, 5) is 0. The van der Waals surface area contributed by atoms with Crippen molar-refractivity contribution in [2.45, 2.75) is 12.7 Å². The summed E-state index contributed by atoms with van der Waals surface area (Å²) in [5.74, 6) is 0. The van der Waals surface area contributed by atoms with Crippen molar-refractivity contribution < 1.29 is 9.47 Å². The molecule has 88 valence electrons. The summed E-state index contributed by atoms with van der Waals surface area (Å²) in [5.41, 5.74) is 7.57. The van der Waals surface area contributed by atoms with Crippen LogP contribution in [0.4, 0.5) is 0 Å². The molecule has 3 heteroatoms. The Morgan fingerprint density at radius 1 is 1.25 bits per heavy atom. The van der Waals surface area contributed by atoms with Crippen LogP contribution >= 0.6 is 0 Å². The van der Waals surface area contributed by atoms with E-state index in [1.165, 1.54) is 0 Å². The second-order valence-electron chi connectivity index (χ2n) is 3.41. The third-order valence-electron chi connectivity index (χ3n) is 2.31. The molecule has 0 aliphatic carbocycles. The highest BCUT2D eigenvalue weighted by Crippen LogP contribution is 2.22. The van der Waals surface area contributed by atoms with Gasteiger partial charge in [-0.25, -0.2) is 0 Å². The molecule has 0 unspecified atom stereocenters. The number of benzene rings is 1. The van der Waals surface area contributed by atoms with Gasteiger partial charge < -0.3 is 15.2 Å². The fourth-order valence-corrected chi connectivity index (χ4v) is 1.53. The first-order chi connectivity index (χ1) is 7.83. The van der Waals surface area contributed by atoms with Gasteiger partial charge in [0.25, 0.3) is 0 Å². The lowest BCUT2D eigenvalue weighted by atomic mass is 10.1. The summed E-state index contributed by atoms with van der Waals surface area (Å²) in [6, 6.07) is 8.00. The summed E-state index contributed by atoms with van der Waals surface area (Å²) in [6.07, 6.45) is 4.66. The zero-order valence-corrected chi connectivity index (χ0v) is 9.85. The van der Waals surface area contributed by atoms with Crippen molar-refractivity contribution >= 4 is 6.08 Å². The Kier molecular flexibility index (Phi) is 5.78. The van der Waals surface area contributed by atoms with Gasteiger partial charge in [-0.2, -0.15) is 0 Å². The molecule has 0 fully saturated rings. The monoisotopic (exact) mass is 221 g/mol. The molecule has 0 amide bonds. The van der Waals surface area contributed by atoms with Gasteiger partial charge in [0.2, 0.25) is 0 Å². The number of rotatable bonds is 6. The van der Waals surface area contributed by atoms with Crippen LogP contribution in [-0.4, -0.2) is 20.8 Å². The topological polar surface area (TPSA) is 44.5 Å². The van der Waals surface area contributed by atoms with E-state index in [0.29, 0.717) is 6.54 Å². The number of hydrogen-bond acceptors (Lipinski definition) is 3. The normalized spacial score (nSPS) is 11.5. The van der Waals surface area contributed by atoms with Crippen molar-refractivity contribution in [1.82, 2.24) is 0 Å². The Hall–Kier alpha value is -1.16. The number of ether oxygens (including phenoxy) is 2. The zero-order chi connectivity index (χ0) is 11.8. The molecule has 0 aliphatic heterocycles. The van der Waals surface area contributed by atoms with E-state index < -0.39 is 0 Å². The van der Waals surface area contributed by atoms with Crippen LogP contribution in [0.25, 0.3) is 6.08 Å². The maximum Gasteiger partial charge on any atom is 0.183 e. The Morgan fingerprint density at radius 3 is 2.56 bits per heavy atom. The fourth-order valence-electron chi connectivity index (χ4n) is 1.53. The van der Waals surface area contributed by atoms with Crippen LogP contribution in [-0.2, 0) is 9.47 Å². The molecule has 1 aromatic carbocycles. The molecule has 0 saturated heterocycles. The van der Waals surface area contributed by atoms with E-state index in [0.717, 1.165) is 17.5 Å². The second-order valence-corrected chi connectivity index (χ2v) is 3.41. The third-order valence-corrected chi connectivity index (χ3v) is 2.31. The molecule has 16 heavy (non-hydrogen) atoms. The van der Waals surface area contributed by atoms with Crippen LogP contribution in [0.15, 0.2) is 30.3 Å². The largest absolute Gasteiger partial charge is 0.352 e. The molecule has 0 aromatic heterocycles. The number of methoxy groups -OCH3 is 2. The van der Waals surface area contributed by atoms with Gasteiger partial charge in [0.05, 0.1) is 0 Å². The zero-order valence-electron chi connectivity index (χ0n) is 9.85. The minimum absolute atomic E-state index is 0.321. The van der Waals surface area contributed by atoms with Gasteiger partial charge in [0.1, 0.15) is 0 Å².